The summed E-state index contributed by atoms with van der Waals surface area (Å²) in [6.07, 6.45) is 2.32. The average molecular weight is 571 g/mol. The van der Waals surface area contributed by atoms with Crippen LogP contribution in [-0.2, 0) is 4.79 Å². The van der Waals surface area contributed by atoms with Crippen molar-refractivity contribution in [1.29, 1.82) is 0 Å². The average Bonchev–Trinajstić information content (AvgIpc) is 2.72. The minimum absolute atomic E-state index is 0.0257. The zero-order valence-corrected chi connectivity index (χ0v) is 20.7. The van der Waals surface area contributed by atoms with Crippen LogP contribution in [0, 0.1) is 0 Å². The first-order chi connectivity index (χ1) is 14.7. The molecule has 2 aromatic carbocycles. The second kappa shape index (κ2) is 9.93. The summed E-state index contributed by atoms with van der Waals surface area (Å²) in [4.78, 5) is 28.8. The smallest absolute Gasteiger partial charge is 0.282 e. The van der Waals surface area contributed by atoms with Crippen molar-refractivity contribution in [3.05, 3.63) is 66.0 Å². The van der Waals surface area contributed by atoms with E-state index in [2.05, 4.69) is 41.9 Å². The highest BCUT2D eigenvalue weighted by Gasteiger charge is 2.16. The number of rotatable bonds is 7. The van der Waals surface area contributed by atoms with Gasteiger partial charge in [-0.3, -0.25) is 9.59 Å². The predicted molar refractivity (Wildman–Crippen MR) is 129 cm³/mol. The normalized spacial score (nSPS) is 12.4. The van der Waals surface area contributed by atoms with Crippen LogP contribution in [0.3, 0.4) is 0 Å². The second-order valence-electron chi connectivity index (χ2n) is 6.87. The molecule has 162 valence electrons. The van der Waals surface area contributed by atoms with Crippen molar-refractivity contribution in [2.45, 2.75) is 26.2 Å². The number of hydrogen-bond acceptors (Lipinski definition) is 5. The largest absolute Gasteiger partial charge is 0.481 e. The molecule has 0 aliphatic carbocycles. The highest BCUT2D eigenvalue weighted by Crippen LogP contribution is 2.34. The number of carbonyl (C=O) groups is 1. The lowest BCUT2D eigenvalue weighted by Gasteiger charge is -2.14. The van der Waals surface area contributed by atoms with Gasteiger partial charge in [0.2, 0.25) is 0 Å². The number of hydrogen-bond donors (Lipinski definition) is 1. The minimum Gasteiger partial charge on any atom is -0.481 e. The third kappa shape index (κ3) is 5.34. The van der Waals surface area contributed by atoms with Crippen molar-refractivity contribution in [1.82, 2.24) is 9.66 Å². The predicted octanol–water partition coefficient (Wildman–Crippen LogP) is 4.83. The van der Waals surface area contributed by atoms with Crippen LogP contribution in [0.15, 0.2) is 49.2 Å². The maximum absolute atomic E-state index is 13.2. The molecule has 0 saturated heterocycles. The van der Waals surface area contributed by atoms with Crippen LogP contribution in [0.4, 0.5) is 0 Å². The quantitative estimate of drug-likeness (QED) is 0.411. The Balaban J connectivity index is 2.07. The zero-order chi connectivity index (χ0) is 22.7. The van der Waals surface area contributed by atoms with Gasteiger partial charge in [0, 0.05) is 10.4 Å². The number of carbonyl (C=O) groups excluding carboxylic acids is 1. The molecule has 1 atom stereocenters. The molecule has 10 heteroatoms. The monoisotopic (exact) mass is 568 g/mol. The molecule has 1 heterocycles. The zero-order valence-electron chi connectivity index (χ0n) is 16.7. The van der Waals surface area contributed by atoms with E-state index in [-0.39, 0.29) is 23.1 Å². The maximum Gasteiger partial charge on any atom is 0.282 e. The number of primary amides is 1. The standard InChI is InChI=1S/C21H19Br2ClN4O3/c1-3-11(2)20-27-17-5-4-13(22)8-14(17)21(30)28(20)26-9-12-6-15(23)19(16(24)7-12)31-10-18(25)29/h4-9,11H,3,10H2,1-2H3,(H2,25,29)/t11-/m0/s1. The lowest BCUT2D eigenvalue weighted by Crippen LogP contribution is -2.23. The fraction of sp³-hybridized carbons (Fsp3) is 0.238. The van der Waals surface area contributed by atoms with E-state index in [9.17, 15) is 9.59 Å². The lowest BCUT2D eigenvalue weighted by atomic mass is 10.1. The van der Waals surface area contributed by atoms with E-state index < -0.39 is 5.91 Å². The molecule has 0 fully saturated rings. The summed E-state index contributed by atoms with van der Waals surface area (Å²) < 4.78 is 7.96. The molecule has 0 saturated carbocycles. The third-order valence-corrected chi connectivity index (χ3v) is 5.95. The Morgan fingerprint density at radius 1 is 1.35 bits per heavy atom. The molecule has 0 aliphatic heterocycles. The summed E-state index contributed by atoms with van der Waals surface area (Å²) >= 11 is 13.0. The molecule has 3 rings (SSSR count). The Morgan fingerprint density at radius 3 is 2.74 bits per heavy atom. The molecule has 0 unspecified atom stereocenters. The molecule has 0 bridgehead atoms. The first-order valence-electron chi connectivity index (χ1n) is 9.38. The Labute approximate surface area is 200 Å². The number of amides is 1. The number of fused-ring (bicyclic) bond motifs is 1. The van der Waals surface area contributed by atoms with E-state index in [1.807, 2.05) is 26.0 Å². The molecule has 0 spiro atoms. The third-order valence-electron chi connectivity index (χ3n) is 4.59. The van der Waals surface area contributed by atoms with E-state index in [0.29, 0.717) is 32.5 Å². The fourth-order valence-corrected chi connectivity index (χ4v) is 4.19. The van der Waals surface area contributed by atoms with Gasteiger partial charge in [-0.1, -0.05) is 41.4 Å². The SMILES string of the molecule is CC[C@H](C)c1nc2ccc(Br)cc2c(=O)n1N=Cc1cc(Cl)c(OCC(N)=O)c(Br)c1. The number of aromatic nitrogens is 2. The van der Waals surface area contributed by atoms with Gasteiger partial charge in [0.15, 0.2) is 12.4 Å². The van der Waals surface area contributed by atoms with Gasteiger partial charge >= 0.3 is 0 Å². The summed E-state index contributed by atoms with van der Waals surface area (Å²) in [5, 5.41) is 5.15. The molecule has 2 N–H and O–H groups in total. The van der Waals surface area contributed by atoms with E-state index in [1.165, 1.54) is 10.9 Å². The summed E-state index contributed by atoms with van der Waals surface area (Å²) in [6.45, 7) is 3.73. The van der Waals surface area contributed by atoms with Gasteiger partial charge < -0.3 is 10.5 Å². The van der Waals surface area contributed by atoms with Crippen LogP contribution < -0.4 is 16.0 Å². The molecule has 3 aromatic rings. The molecule has 31 heavy (non-hydrogen) atoms. The first-order valence-corrected chi connectivity index (χ1v) is 11.3. The van der Waals surface area contributed by atoms with E-state index >= 15 is 0 Å². The number of halogens is 3. The van der Waals surface area contributed by atoms with Gasteiger partial charge in [0.1, 0.15) is 5.82 Å². The number of ether oxygens (including phenoxy) is 1. The van der Waals surface area contributed by atoms with Gasteiger partial charge in [0.05, 0.1) is 26.6 Å². The summed E-state index contributed by atoms with van der Waals surface area (Å²) in [7, 11) is 0. The topological polar surface area (TPSA) is 99.6 Å². The lowest BCUT2D eigenvalue weighted by molar-refractivity contribution is -0.119. The van der Waals surface area contributed by atoms with Crippen LogP contribution in [0.2, 0.25) is 5.02 Å². The number of benzene rings is 2. The van der Waals surface area contributed by atoms with Gasteiger partial charge in [-0.25, -0.2) is 4.98 Å². The van der Waals surface area contributed by atoms with Gasteiger partial charge in [0.25, 0.3) is 11.5 Å². The Bertz CT molecular complexity index is 1220. The van der Waals surface area contributed by atoms with Gasteiger partial charge in [-0.05, 0) is 58.2 Å². The van der Waals surface area contributed by atoms with Crippen LogP contribution in [0.25, 0.3) is 10.9 Å². The molecule has 1 aromatic heterocycles. The van der Waals surface area contributed by atoms with Crippen LogP contribution in [0.1, 0.15) is 37.6 Å². The summed E-state index contributed by atoms with van der Waals surface area (Å²) in [5.41, 5.74) is 6.10. The molecule has 0 aliphatic rings. The Morgan fingerprint density at radius 2 is 2.10 bits per heavy atom. The highest BCUT2D eigenvalue weighted by atomic mass is 79.9. The van der Waals surface area contributed by atoms with Crippen molar-refractivity contribution in [3.63, 3.8) is 0 Å². The van der Waals surface area contributed by atoms with Crippen molar-refractivity contribution in [2.24, 2.45) is 10.8 Å². The van der Waals surface area contributed by atoms with Crippen LogP contribution in [0.5, 0.6) is 5.75 Å². The number of nitrogens with zero attached hydrogens (tertiary/aromatic N) is 3. The maximum atomic E-state index is 13.2. The fourth-order valence-electron chi connectivity index (χ4n) is 2.84. The second-order valence-corrected chi connectivity index (χ2v) is 9.05. The van der Waals surface area contributed by atoms with Crippen LogP contribution in [-0.4, -0.2) is 28.4 Å². The first kappa shape index (κ1) is 23.4. The summed E-state index contributed by atoms with van der Waals surface area (Å²) in [5.74, 6) is 0.288. The Kier molecular flexibility index (Phi) is 7.51. The Hall–Kier alpha value is -2.23. The van der Waals surface area contributed by atoms with E-state index in [0.717, 1.165) is 10.9 Å². The van der Waals surface area contributed by atoms with Crippen molar-refractivity contribution < 1.29 is 9.53 Å². The van der Waals surface area contributed by atoms with Crippen molar-refractivity contribution >= 4 is 66.5 Å². The van der Waals surface area contributed by atoms with Crippen molar-refractivity contribution in [3.8, 4) is 5.75 Å². The number of nitrogens with two attached hydrogens (primary N) is 1. The summed E-state index contributed by atoms with van der Waals surface area (Å²) in [6, 6.07) is 8.72. The van der Waals surface area contributed by atoms with Gasteiger partial charge in [-0.15, -0.1) is 0 Å². The van der Waals surface area contributed by atoms with E-state index in [4.69, 9.17) is 22.1 Å². The highest BCUT2D eigenvalue weighted by molar-refractivity contribution is 9.10. The van der Waals surface area contributed by atoms with Crippen LogP contribution >= 0.6 is 43.5 Å². The molecular formula is C21H19Br2ClN4O3. The minimum atomic E-state index is -0.610. The molecular weight excluding hydrogens is 552 g/mol. The van der Waals surface area contributed by atoms with Gasteiger partial charge in [-0.2, -0.15) is 9.78 Å². The van der Waals surface area contributed by atoms with Crippen molar-refractivity contribution in [2.75, 3.05) is 6.61 Å². The molecule has 0 radical (unpaired) electrons. The molecule has 7 nitrogen and oxygen atoms in total. The van der Waals surface area contributed by atoms with E-state index in [1.54, 1.807) is 18.2 Å². The molecule has 1 amide bonds.